The van der Waals surface area contributed by atoms with Crippen LogP contribution in [0.15, 0.2) is 18.2 Å². The number of carbonyl (C=O) groups is 2. The Kier molecular flexibility index (Phi) is 4.89. The van der Waals surface area contributed by atoms with E-state index in [-0.39, 0.29) is 11.1 Å². The van der Waals surface area contributed by atoms with Gasteiger partial charge in [-0.05, 0) is 85.0 Å². The lowest BCUT2D eigenvalue weighted by Crippen LogP contribution is -2.42. The Labute approximate surface area is 160 Å². The summed E-state index contributed by atoms with van der Waals surface area (Å²) in [5, 5.41) is 0.263. The highest BCUT2D eigenvalue weighted by Gasteiger charge is 2.52. The number of hydrogen-bond acceptors (Lipinski definition) is 4. The lowest BCUT2D eigenvalue weighted by Gasteiger charge is -2.50. The molecule has 4 atom stereocenters. The van der Waals surface area contributed by atoms with Crippen LogP contribution in [0.3, 0.4) is 0 Å². The molecule has 4 rings (SSSR count). The van der Waals surface area contributed by atoms with Crippen molar-refractivity contribution < 1.29 is 14.3 Å². The van der Waals surface area contributed by atoms with Crippen LogP contribution in [0.4, 0.5) is 0 Å². The Morgan fingerprint density at radius 1 is 1.19 bits per heavy atom. The molecule has 26 heavy (non-hydrogen) atoms. The Bertz CT molecular complexity index is 728. The number of rotatable bonds is 3. The van der Waals surface area contributed by atoms with Crippen LogP contribution in [-0.4, -0.2) is 16.8 Å². The van der Waals surface area contributed by atoms with Crippen molar-refractivity contribution in [2.75, 3.05) is 5.75 Å². The zero-order chi connectivity index (χ0) is 18.3. The third-order valence-electron chi connectivity index (χ3n) is 7.05. The average molecular weight is 373 g/mol. The molecule has 3 aliphatic carbocycles. The Balaban J connectivity index is 1.57. The summed E-state index contributed by atoms with van der Waals surface area (Å²) >= 11 is 1.55. The van der Waals surface area contributed by atoms with Gasteiger partial charge in [-0.25, -0.2) is 0 Å². The zero-order valence-electron chi connectivity index (χ0n) is 15.8. The van der Waals surface area contributed by atoms with Crippen LogP contribution >= 0.6 is 11.8 Å². The third kappa shape index (κ3) is 3.21. The maximum absolute atomic E-state index is 11.6. The van der Waals surface area contributed by atoms with Gasteiger partial charge in [0.1, 0.15) is 5.75 Å². The standard InChI is InChI=1S/C22H28O3S/c1-14(23)25-17-6-8-18-16(12-17)5-7-20-19(18)9-11-22(13-26-15(2)24)10-3-4-21(20)22/h6,8,12,19-21H,3-5,7,9-11,13H2,1-2H3/t19-,20-,21+,22+/m1/s1. The molecule has 0 aromatic heterocycles. The van der Waals surface area contributed by atoms with E-state index in [0.29, 0.717) is 17.1 Å². The van der Waals surface area contributed by atoms with Crippen LogP contribution in [0, 0.1) is 17.3 Å². The van der Waals surface area contributed by atoms with E-state index in [9.17, 15) is 9.59 Å². The lowest BCUT2D eigenvalue weighted by atomic mass is 9.56. The molecule has 2 saturated carbocycles. The van der Waals surface area contributed by atoms with E-state index in [1.54, 1.807) is 18.7 Å². The minimum atomic E-state index is -0.255. The summed E-state index contributed by atoms with van der Waals surface area (Å²) in [6, 6.07) is 6.25. The molecule has 0 aliphatic heterocycles. The number of esters is 1. The topological polar surface area (TPSA) is 43.4 Å². The van der Waals surface area contributed by atoms with Crippen LogP contribution in [-0.2, 0) is 16.0 Å². The summed E-state index contributed by atoms with van der Waals surface area (Å²) in [6.45, 7) is 3.16. The molecule has 140 valence electrons. The van der Waals surface area contributed by atoms with E-state index in [1.807, 2.05) is 6.07 Å². The summed E-state index contributed by atoms with van der Waals surface area (Å²) in [6.07, 6.45) is 8.77. The van der Waals surface area contributed by atoms with Crippen molar-refractivity contribution in [3.63, 3.8) is 0 Å². The quantitative estimate of drug-likeness (QED) is 0.546. The maximum atomic E-state index is 11.6. The minimum absolute atomic E-state index is 0.255. The Morgan fingerprint density at radius 2 is 2.04 bits per heavy atom. The molecular weight excluding hydrogens is 344 g/mol. The van der Waals surface area contributed by atoms with Crippen molar-refractivity contribution in [3.8, 4) is 5.75 Å². The summed E-state index contributed by atoms with van der Waals surface area (Å²) < 4.78 is 5.28. The van der Waals surface area contributed by atoms with Crippen LogP contribution < -0.4 is 4.74 Å². The number of benzene rings is 1. The number of thioether (sulfide) groups is 1. The normalized spacial score (nSPS) is 32.3. The summed E-state index contributed by atoms with van der Waals surface area (Å²) in [5.41, 5.74) is 3.25. The SMILES string of the molecule is CC(=O)Oc1ccc2c(c1)CC[C@@H]1[C@@H]2CC[C@]2(CSC(C)=O)CCC[C@@H]12. The first kappa shape index (κ1) is 18.1. The predicted molar refractivity (Wildman–Crippen MR) is 104 cm³/mol. The monoisotopic (exact) mass is 372 g/mol. The van der Waals surface area contributed by atoms with Crippen molar-refractivity contribution in [2.24, 2.45) is 17.3 Å². The fraction of sp³-hybridized carbons (Fsp3) is 0.636. The molecule has 3 nitrogen and oxygen atoms in total. The second kappa shape index (κ2) is 7.03. The Morgan fingerprint density at radius 3 is 2.81 bits per heavy atom. The molecule has 1 aromatic carbocycles. The van der Waals surface area contributed by atoms with Crippen molar-refractivity contribution in [2.45, 2.75) is 64.7 Å². The molecule has 0 heterocycles. The van der Waals surface area contributed by atoms with E-state index < -0.39 is 0 Å². The summed E-state index contributed by atoms with van der Waals surface area (Å²) in [5.74, 6) is 3.62. The second-order valence-electron chi connectivity index (χ2n) is 8.44. The highest BCUT2D eigenvalue weighted by atomic mass is 32.2. The summed E-state index contributed by atoms with van der Waals surface area (Å²) in [4.78, 5) is 22.8. The molecule has 2 fully saturated rings. The van der Waals surface area contributed by atoms with E-state index in [1.165, 1.54) is 56.6 Å². The highest BCUT2D eigenvalue weighted by molar-refractivity contribution is 8.13. The molecule has 0 bridgehead atoms. The second-order valence-corrected chi connectivity index (χ2v) is 9.60. The molecule has 0 spiro atoms. The van der Waals surface area contributed by atoms with Crippen LogP contribution in [0.2, 0.25) is 0 Å². The fourth-order valence-electron chi connectivity index (χ4n) is 6.08. The zero-order valence-corrected chi connectivity index (χ0v) is 16.6. The number of ether oxygens (including phenoxy) is 1. The maximum Gasteiger partial charge on any atom is 0.308 e. The van der Waals surface area contributed by atoms with Crippen molar-refractivity contribution in [3.05, 3.63) is 29.3 Å². The van der Waals surface area contributed by atoms with E-state index >= 15 is 0 Å². The molecule has 0 unspecified atom stereocenters. The van der Waals surface area contributed by atoms with E-state index in [0.717, 1.165) is 24.0 Å². The van der Waals surface area contributed by atoms with Crippen LogP contribution in [0.5, 0.6) is 5.75 Å². The van der Waals surface area contributed by atoms with Crippen molar-refractivity contribution in [1.82, 2.24) is 0 Å². The summed E-state index contributed by atoms with van der Waals surface area (Å²) in [7, 11) is 0. The van der Waals surface area contributed by atoms with E-state index in [2.05, 4.69) is 12.1 Å². The molecule has 1 aromatic rings. The number of carbonyl (C=O) groups excluding carboxylic acids is 2. The first-order valence-corrected chi connectivity index (χ1v) is 10.9. The first-order valence-electron chi connectivity index (χ1n) is 9.93. The molecule has 3 aliphatic rings. The van der Waals surface area contributed by atoms with Gasteiger partial charge in [-0.15, -0.1) is 0 Å². The third-order valence-corrected chi connectivity index (χ3v) is 8.17. The van der Waals surface area contributed by atoms with E-state index in [4.69, 9.17) is 4.74 Å². The minimum Gasteiger partial charge on any atom is -0.427 e. The highest BCUT2D eigenvalue weighted by Crippen LogP contribution is 2.62. The first-order chi connectivity index (χ1) is 12.5. The number of aryl methyl sites for hydroxylation is 1. The fourth-order valence-corrected chi connectivity index (χ4v) is 7.07. The molecule has 4 heteroatoms. The number of fused-ring (bicyclic) bond motifs is 5. The molecular formula is C22H28O3S. The largest absolute Gasteiger partial charge is 0.427 e. The smallest absolute Gasteiger partial charge is 0.308 e. The lowest BCUT2D eigenvalue weighted by molar-refractivity contribution is -0.131. The van der Waals surface area contributed by atoms with Gasteiger partial charge >= 0.3 is 5.97 Å². The Hall–Kier alpha value is -1.29. The van der Waals surface area contributed by atoms with Gasteiger partial charge in [0.25, 0.3) is 0 Å². The molecule has 0 amide bonds. The molecule has 0 radical (unpaired) electrons. The average Bonchev–Trinajstić information content (AvgIpc) is 3.03. The van der Waals surface area contributed by atoms with Gasteiger partial charge < -0.3 is 4.74 Å². The van der Waals surface area contributed by atoms with Crippen molar-refractivity contribution in [1.29, 1.82) is 0 Å². The van der Waals surface area contributed by atoms with Crippen molar-refractivity contribution >= 4 is 22.8 Å². The number of hydrogen-bond donors (Lipinski definition) is 0. The van der Waals surface area contributed by atoms with Gasteiger partial charge in [-0.1, -0.05) is 24.2 Å². The van der Waals surface area contributed by atoms with Crippen LogP contribution in [0.1, 0.15) is 69.4 Å². The molecule has 0 N–H and O–H groups in total. The van der Waals surface area contributed by atoms with Gasteiger partial charge in [-0.2, -0.15) is 0 Å². The van der Waals surface area contributed by atoms with Crippen LogP contribution in [0.25, 0.3) is 0 Å². The van der Waals surface area contributed by atoms with Gasteiger partial charge in [0, 0.05) is 19.6 Å². The van der Waals surface area contributed by atoms with Gasteiger partial charge in [0.2, 0.25) is 0 Å². The van der Waals surface area contributed by atoms with Gasteiger partial charge in [0.15, 0.2) is 5.12 Å². The predicted octanol–water partition coefficient (Wildman–Crippen LogP) is 5.12. The van der Waals surface area contributed by atoms with Gasteiger partial charge in [0.05, 0.1) is 0 Å². The molecule has 0 saturated heterocycles. The van der Waals surface area contributed by atoms with Gasteiger partial charge in [-0.3, -0.25) is 9.59 Å².